The van der Waals surface area contributed by atoms with Crippen LogP contribution in [0.2, 0.25) is 0 Å². The van der Waals surface area contributed by atoms with Gasteiger partial charge in [0.2, 0.25) is 0 Å². The molecule has 0 saturated carbocycles. The molecule has 0 bridgehead atoms. The fourth-order valence-electron chi connectivity index (χ4n) is 1.59. The van der Waals surface area contributed by atoms with Gasteiger partial charge in [0.25, 0.3) is 0 Å². The molecule has 0 aliphatic rings. The van der Waals surface area contributed by atoms with Gasteiger partial charge in [-0.25, -0.2) is 0 Å². The molecule has 21 heavy (non-hydrogen) atoms. The molecular weight excluding hydrogens is 268 g/mol. The van der Waals surface area contributed by atoms with Gasteiger partial charge in [0.1, 0.15) is 0 Å². The van der Waals surface area contributed by atoms with E-state index >= 15 is 0 Å². The van der Waals surface area contributed by atoms with Crippen LogP contribution in [0.4, 0.5) is 0 Å². The lowest BCUT2D eigenvalue weighted by Gasteiger charge is -2.21. The summed E-state index contributed by atoms with van der Waals surface area (Å²) < 4.78 is 10.3. The van der Waals surface area contributed by atoms with Crippen molar-refractivity contribution < 1.29 is 19.1 Å². The van der Waals surface area contributed by atoms with Gasteiger partial charge in [0.05, 0.1) is 13.2 Å². The molecule has 1 rings (SSSR count). The molecule has 0 radical (unpaired) electrons. The fourth-order valence-corrected chi connectivity index (χ4v) is 1.59. The first-order valence-electron chi connectivity index (χ1n) is 7.22. The predicted octanol–water partition coefficient (Wildman–Crippen LogP) is 3.00. The van der Waals surface area contributed by atoms with Crippen molar-refractivity contribution in [2.24, 2.45) is 11.3 Å². The first-order chi connectivity index (χ1) is 9.84. The van der Waals surface area contributed by atoms with Gasteiger partial charge in [0.15, 0.2) is 5.41 Å². The van der Waals surface area contributed by atoms with Gasteiger partial charge < -0.3 is 9.47 Å². The molecule has 1 aromatic carbocycles. The number of esters is 2. The van der Waals surface area contributed by atoms with E-state index in [-0.39, 0.29) is 12.5 Å². The van der Waals surface area contributed by atoms with E-state index in [1.807, 2.05) is 44.2 Å². The summed E-state index contributed by atoms with van der Waals surface area (Å²) in [4.78, 5) is 23.9. The number of rotatable bonds is 7. The van der Waals surface area contributed by atoms with E-state index in [9.17, 15) is 9.59 Å². The summed E-state index contributed by atoms with van der Waals surface area (Å²) in [6.07, 6.45) is 0.629. The van der Waals surface area contributed by atoms with Crippen molar-refractivity contribution in [2.45, 2.75) is 34.1 Å². The number of hydrogen-bond donors (Lipinski definition) is 0. The highest BCUT2D eigenvalue weighted by molar-refractivity contribution is 5.99. The largest absolute Gasteiger partial charge is 0.465 e. The SMILES string of the molecule is CC(C)COC(=O)C(C)(C)C(=O)OCCc1ccccc1. The second-order valence-electron chi connectivity index (χ2n) is 5.99. The van der Waals surface area contributed by atoms with E-state index in [1.165, 1.54) is 13.8 Å². The maximum absolute atomic E-state index is 12.0. The van der Waals surface area contributed by atoms with Gasteiger partial charge in [-0.3, -0.25) is 9.59 Å². The Balaban J connectivity index is 2.43. The van der Waals surface area contributed by atoms with Crippen LogP contribution < -0.4 is 0 Å². The smallest absolute Gasteiger partial charge is 0.322 e. The Bertz CT molecular complexity index is 463. The Hall–Kier alpha value is -1.84. The lowest BCUT2D eigenvalue weighted by molar-refractivity contribution is -0.170. The average molecular weight is 292 g/mol. The van der Waals surface area contributed by atoms with Crippen molar-refractivity contribution in [3.63, 3.8) is 0 Å². The Kier molecular flexibility index (Phi) is 6.40. The Morgan fingerprint density at radius 1 is 1.05 bits per heavy atom. The molecule has 0 heterocycles. The number of ether oxygens (including phenoxy) is 2. The summed E-state index contributed by atoms with van der Waals surface area (Å²) in [5.74, 6) is -0.855. The Labute approximate surface area is 126 Å². The minimum atomic E-state index is -1.27. The van der Waals surface area contributed by atoms with Gasteiger partial charge in [0, 0.05) is 6.42 Å². The third-order valence-electron chi connectivity index (χ3n) is 3.04. The van der Waals surface area contributed by atoms with E-state index < -0.39 is 17.4 Å². The van der Waals surface area contributed by atoms with E-state index in [2.05, 4.69) is 0 Å². The van der Waals surface area contributed by atoms with Gasteiger partial charge in [-0.2, -0.15) is 0 Å². The second-order valence-corrected chi connectivity index (χ2v) is 5.99. The van der Waals surface area contributed by atoms with Crippen LogP contribution in [0.25, 0.3) is 0 Å². The van der Waals surface area contributed by atoms with Gasteiger partial charge >= 0.3 is 11.9 Å². The quantitative estimate of drug-likeness (QED) is 0.572. The van der Waals surface area contributed by atoms with Crippen molar-refractivity contribution in [1.29, 1.82) is 0 Å². The highest BCUT2D eigenvalue weighted by Gasteiger charge is 2.39. The maximum Gasteiger partial charge on any atom is 0.322 e. The van der Waals surface area contributed by atoms with Crippen LogP contribution in [0.3, 0.4) is 0 Å². The normalized spacial score (nSPS) is 11.3. The molecule has 0 aliphatic carbocycles. The summed E-state index contributed by atoms with van der Waals surface area (Å²) in [6, 6.07) is 9.74. The van der Waals surface area contributed by atoms with Gasteiger partial charge in [-0.05, 0) is 25.3 Å². The average Bonchev–Trinajstić information content (AvgIpc) is 2.45. The van der Waals surface area contributed by atoms with Gasteiger partial charge in [-0.15, -0.1) is 0 Å². The van der Waals surface area contributed by atoms with Crippen LogP contribution >= 0.6 is 0 Å². The first-order valence-corrected chi connectivity index (χ1v) is 7.22. The molecule has 1 aromatic rings. The molecule has 0 atom stereocenters. The molecule has 0 aromatic heterocycles. The van der Waals surface area contributed by atoms with Gasteiger partial charge in [-0.1, -0.05) is 44.2 Å². The lowest BCUT2D eigenvalue weighted by Crippen LogP contribution is -2.37. The third kappa shape index (κ3) is 5.58. The second kappa shape index (κ2) is 7.81. The topological polar surface area (TPSA) is 52.6 Å². The highest BCUT2D eigenvalue weighted by atomic mass is 16.6. The molecule has 116 valence electrons. The van der Waals surface area contributed by atoms with E-state index in [1.54, 1.807) is 0 Å². The molecule has 4 nitrogen and oxygen atoms in total. The van der Waals surface area contributed by atoms with Crippen LogP contribution in [0.15, 0.2) is 30.3 Å². The lowest BCUT2D eigenvalue weighted by atomic mass is 9.94. The van der Waals surface area contributed by atoms with Crippen LogP contribution in [0.5, 0.6) is 0 Å². The summed E-state index contributed by atoms with van der Waals surface area (Å²) in [5, 5.41) is 0. The molecule has 0 saturated heterocycles. The van der Waals surface area contributed by atoms with E-state index in [0.29, 0.717) is 13.0 Å². The van der Waals surface area contributed by atoms with Crippen LogP contribution in [0.1, 0.15) is 33.3 Å². The van der Waals surface area contributed by atoms with Crippen LogP contribution in [0, 0.1) is 11.3 Å². The molecule has 0 aliphatic heterocycles. The molecule has 0 fully saturated rings. The third-order valence-corrected chi connectivity index (χ3v) is 3.04. The van der Waals surface area contributed by atoms with Crippen molar-refractivity contribution in [1.82, 2.24) is 0 Å². The fraction of sp³-hybridized carbons (Fsp3) is 0.529. The number of carbonyl (C=O) groups excluding carboxylic acids is 2. The van der Waals surface area contributed by atoms with Crippen molar-refractivity contribution in [3.05, 3.63) is 35.9 Å². The van der Waals surface area contributed by atoms with E-state index in [4.69, 9.17) is 9.47 Å². The summed E-state index contributed by atoms with van der Waals surface area (Å²) in [5.41, 5.74) is -0.184. The van der Waals surface area contributed by atoms with Crippen LogP contribution in [-0.4, -0.2) is 25.2 Å². The monoisotopic (exact) mass is 292 g/mol. The molecule has 4 heteroatoms. The molecular formula is C17H24O4. The molecule has 0 amide bonds. The zero-order valence-corrected chi connectivity index (χ0v) is 13.2. The minimum Gasteiger partial charge on any atom is -0.465 e. The standard InChI is InChI=1S/C17H24O4/c1-13(2)12-21-16(19)17(3,4)15(18)20-11-10-14-8-6-5-7-9-14/h5-9,13H,10-12H2,1-4H3. The molecule has 0 N–H and O–H groups in total. The highest BCUT2D eigenvalue weighted by Crippen LogP contribution is 2.20. The molecule has 0 spiro atoms. The number of carbonyl (C=O) groups is 2. The summed E-state index contributed by atoms with van der Waals surface area (Å²) in [7, 11) is 0. The Morgan fingerprint density at radius 3 is 2.19 bits per heavy atom. The zero-order chi connectivity index (χ0) is 15.9. The maximum atomic E-state index is 12.0. The number of benzene rings is 1. The minimum absolute atomic E-state index is 0.235. The van der Waals surface area contributed by atoms with Crippen molar-refractivity contribution in [3.8, 4) is 0 Å². The van der Waals surface area contributed by atoms with Crippen molar-refractivity contribution in [2.75, 3.05) is 13.2 Å². The van der Waals surface area contributed by atoms with Crippen molar-refractivity contribution >= 4 is 11.9 Å². The summed E-state index contributed by atoms with van der Waals surface area (Å²) in [6.45, 7) is 7.50. The number of hydrogen-bond acceptors (Lipinski definition) is 4. The Morgan fingerprint density at radius 2 is 1.62 bits per heavy atom. The predicted molar refractivity (Wildman–Crippen MR) is 80.7 cm³/mol. The summed E-state index contributed by atoms with van der Waals surface area (Å²) >= 11 is 0. The van der Waals surface area contributed by atoms with Crippen LogP contribution in [-0.2, 0) is 25.5 Å². The first kappa shape index (κ1) is 17.2. The molecule has 0 unspecified atom stereocenters. The van der Waals surface area contributed by atoms with E-state index in [0.717, 1.165) is 5.56 Å². The zero-order valence-electron chi connectivity index (χ0n) is 13.2.